The summed E-state index contributed by atoms with van der Waals surface area (Å²) >= 11 is 0. The second kappa shape index (κ2) is 6.18. The van der Waals surface area contributed by atoms with Gasteiger partial charge in [-0.25, -0.2) is 0 Å². The van der Waals surface area contributed by atoms with Crippen LogP contribution < -0.4 is 5.32 Å². The molecule has 1 heterocycles. The predicted molar refractivity (Wildman–Crippen MR) is 74.5 cm³/mol. The van der Waals surface area contributed by atoms with Crippen molar-refractivity contribution in [3.05, 3.63) is 53.9 Å². The number of amides is 1. The number of carbonyl (C=O) groups is 1. The van der Waals surface area contributed by atoms with Gasteiger partial charge in [0.1, 0.15) is 0 Å². The first-order valence-corrected chi connectivity index (χ1v) is 6.48. The van der Waals surface area contributed by atoms with Crippen LogP contribution >= 0.6 is 0 Å². The minimum atomic E-state index is 0.0269. The maximum atomic E-state index is 11.5. The monoisotopic (exact) mass is 257 g/mol. The van der Waals surface area contributed by atoms with Gasteiger partial charge in [0.05, 0.1) is 6.54 Å². The number of carbonyl (C=O) groups excluding carboxylic acids is 1. The van der Waals surface area contributed by atoms with Gasteiger partial charge in [-0.1, -0.05) is 38.1 Å². The molecule has 2 aromatic rings. The van der Waals surface area contributed by atoms with Crippen molar-refractivity contribution >= 4 is 5.91 Å². The van der Waals surface area contributed by atoms with Gasteiger partial charge in [-0.15, -0.1) is 0 Å². The smallest absolute Gasteiger partial charge is 0.222 e. The molecule has 1 amide bonds. The highest BCUT2D eigenvalue weighted by Crippen LogP contribution is 2.06. The highest BCUT2D eigenvalue weighted by molar-refractivity contribution is 5.77. The van der Waals surface area contributed by atoms with E-state index in [4.69, 9.17) is 0 Å². The summed E-state index contributed by atoms with van der Waals surface area (Å²) in [7, 11) is 0. The summed E-state index contributed by atoms with van der Waals surface area (Å²) in [5.74, 6) is 0.111. The molecule has 0 unspecified atom stereocenters. The van der Waals surface area contributed by atoms with Crippen LogP contribution in [-0.2, 0) is 17.9 Å². The van der Waals surface area contributed by atoms with Gasteiger partial charge in [-0.05, 0) is 17.2 Å². The molecule has 4 nitrogen and oxygen atoms in total. The molecule has 0 saturated heterocycles. The van der Waals surface area contributed by atoms with Gasteiger partial charge in [0.25, 0.3) is 0 Å². The quantitative estimate of drug-likeness (QED) is 0.892. The van der Waals surface area contributed by atoms with Gasteiger partial charge in [-0.3, -0.25) is 9.48 Å². The van der Waals surface area contributed by atoms with Crippen LogP contribution in [0.15, 0.2) is 42.7 Å². The van der Waals surface area contributed by atoms with E-state index >= 15 is 0 Å². The molecule has 1 aromatic heterocycles. The summed E-state index contributed by atoms with van der Waals surface area (Å²) in [6, 6.07) is 10.1. The Balaban J connectivity index is 1.89. The maximum Gasteiger partial charge on any atom is 0.222 e. The lowest BCUT2D eigenvalue weighted by Crippen LogP contribution is -2.27. The zero-order chi connectivity index (χ0) is 13.7. The van der Waals surface area contributed by atoms with Crippen LogP contribution in [-0.4, -0.2) is 15.7 Å². The Hall–Kier alpha value is -2.10. The third kappa shape index (κ3) is 3.95. The van der Waals surface area contributed by atoms with E-state index in [-0.39, 0.29) is 11.8 Å². The van der Waals surface area contributed by atoms with Gasteiger partial charge in [0.2, 0.25) is 5.91 Å². The third-order valence-corrected chi connectivity index (χ3v) is 2.92. The Morgan fingerprint density at radius 2 is 1.95 bits per heavy atom. The van der Waals surface area contributed by atoms with Crippen LogP contribution in [0, 0.1) is 5.92 Å². The summed E-state index contributed by atoms with van der Waals surface area (Å²) in [5, 5.41) is 7.08. The molecule has 0 saturated carbocycles. The van der Waals surface area contributed by atoms with Crippen molar-refractivity contribution in [3.8, 4) is 0 Å². The van der Waals surface area contributed by atoms with Crippen LogP contribution in [0.4, 0.5) is 0 Å². The molecule has 1 N–H and O–H groups in total. The largest absolute Gasteiger partial charge is 0.352 e. The van der Waals surface area contributed by atoms with Crippen molar-refractivity contribution < 1.29 is 4.79 Å². The van der Waals surface area contributed by atoms with Crippen molar-refractivity contribution in [1.82, 2.24) is 15.1 Å². The van der Waals surface area contributed by atoms with Gasteiger partial charge < -0.3 is 5.32 Å². The lowest BCUT2D eigenvalue weighted by atomic mass is 10.1. The van der Waals surface area contributed by atoms with Crippen molar-refractivity contribution in [2.45, 2.75) is 26.9 Å². The number of hydrogen-bond acceptors (Lipinski definition) is 2. The molecule has 0 aliphatic carbocycles. The average Bonchev–Trinajstić information content (AvgIpc) is 2.90. The summed E-state index contributed by atoms with van der Waals surface area (Å²) in [6.07, 6.45) is 3.71. The molecule has 0 aliphatic heterocycles. The molecule has 1 aromatic carbocycles. The minimum absolute atomic E-state index is 0.0269. The molecule has 19 heavy (non-hydrogen) atoms. The van der Waals surface area contributed by atoms with Crippen molar-refractivity contribution in [3.63, 3.8) is 0 Å². The van der Waals surface area contributed by atoms with E-state index in [0.717, 1.165) is 12.1 Å². The fourth-order valence-electron chi connectivity index (χ4n) is 1.74. The number of nitrogens with one attached hydrogen (secondary N) is 1. The van der Waals surface area contributed by atoms with Gasteiger partial charge in [0.15, 0.2) is 0 Å². The van der Waals surface area contributed by atoms with E-state index in [1.54, 1.807) is 6.20 Å². The molecule has 0 bridgehead atoms. The van der Waals surface area contributed by atoms with E-state index in [0.29, 0.717) is 6.54 Å². The number of aromatic nitrogens is 2. The Bertz CT molecular complexity index is 515. The number of rotatable bonds is 5. The van der Waals surface area contributed by atoms with Crippen LogP contribution in [0.1, 0.15) is 25.0 Å². The first-order valence-electron chi connectivity index (χ1n) is 6.48. The minimum Gasteiger partial charge on any atom is -0.352 e. The summed E-state index contributed by atoms with van der Waals surface area (Å²) in [4.78, 5) is 11.5. The van der Waals surface area contributed by atoms with E-state index in [1.165, 1.54) is 5.56 Å². The van der Waals surface area contributed by atoms with E-state index in [1.807, 2.05) is 42.9 Å². The number of nitrogens with zero attached hydrogens (tertiary/aromatic N) is 2. The zero-order valence-corrected chi connectivity index (χ0v) is 11.3. The first kappa shape index (κ1) is 13.3. The third-order valence-electron chi connectivity index (χ3n) is 2.92. The Labute approximate surface area is 113 Å². The summed E-state index contributed by atoms with van der Waals surface area (Å²) < 4.78 is 1.88. The SMILES string of the molecule is CC(C)C(=O)NCc1ccc(Cn2cccn2)cc1. The molecular weight excluding hydrogens is 238 g/mol. The Morgan fingerprint density at radius 3 is 2.53 bits per heavy atom. The molecule has 100 valence electrons. The normalized spacial score (nSPS) is 10.7. The molecule has 0 radical (unpaired) electrons. The second-order valence-electron chi connectivity index (χ2n) is 4.89. The molecule has 0 fully saturated rings. The summed E-state index contributed by atoms with van der Waals surface area (Å²) in [6.45, 7) is 5.13. The first-order chi connectivity index (χ1) is 9.15. The highest BCUT2D eigenvalue weighted by atomic mass is 16.1. The van der Waals surface area contributed by atoms with Crippen LogP contribution in [0.3, 0.4) is 0 Å². The zero-order valence-electron chi connectivity index (χ0n) is 11.3. The lowest BCUT2D eigenvalue weighted by Gasteiger charge is -2.08. The van der Waals surface area contributed by atoms with Crippen LogP contribution in [0.25, 0.3) is 0 Å². The van der Waals surface area contributed by atoms with E-state index < -0.39 is 0 Å². The number of benzene rings is 1. The second-order valence-corrected chi connectivity index (χ2v) is 4.89. The average molecular weight is 257 g/mol. The fourth-order valence-corrected chi connectivity index (χ4v) is 1.74. The lowest BCUT2D eigenvalue weighted by molar-refractivity contribution is -0.124. The van der Waals surface area contributed by atoms with E-state index in [9.17, 15) is 4.79 Å². The van der Waals surface area contributed by atoms with Crippen molar-refractivity contribution in [2.24, 2.45) is 5.92 Å². The Kier molecular flexibility index (Phi) is 4.34. The topological polar surface area (TPSA) is 46.9 Å². The van der Waals surface area contributed by atoms with Gasteiger partial charge >= 0.3 is 0 Å². The molecule has 0 aliphatic rings. The Morgan fingerprint density at radius 1 is 1.26 bits per heavy atom. The molecular formula is C15H19N3O. The van der Waals surface area contributed by atoms with Crippen LogP contribution in [0.5, 0.6) is 0 Å². The molecule has 0 spiro atoms. The molecule has 2 rings (SSSR count). The van der Waals surface area contributed by atoms with E-state index in [2.05, 4.69) is 22.5 Å². The maximum absolute atomic E-state index is 11.5. The van der Waals surface area contributed by atoms with Crippen molar-refractivity contribution in [1.29, 1.82) is 0 Å². The molecule has 0 atom stereocenters. The fraction of sp³-hybridized carbons (Fsp3) is 0.333. The van der Waals surface area contributed by atoms with Gasteiger partial charge in [-0.2, -0.15) is 5.10 Å². The van der Waals surface area contributed by atoms with Crippen molar-refractivity contribution in [2.75, 3.05) is 0 Å². The standard InChI is InChI=1S/C15H19N3O/c1-12(2)15(19)16-10-13-4-6-14(7-5-13)11-18-9-3-8-17-18/h3-9,12H,10-11H2,1-2H3,(H,16,19). The molecule has 4 heteroatoms. The van der Waals surface area contributed by atoms with Gasteiger partial charge in [0, 0.05) is 24.9 Å². The van der Waals surface area contributed by atoms with Crippen LogP contribution in [0.2, 0.25) is 0 Å². The summed E-state index contributed by atoms with van der Waals surface area (Å²) in [5.41, 5.74) is 2.31. The predicted octanol–water partition coefficient (Wildman–Crippen LogP) is 2.20. The number of hydrogen-bond donors (Lipinski definition) is 1. The highest BCUT2D eigenvalue weighted by Gasteiger charge is 2.05.